The van der Waals surface area contributed by atoms with Crippen LogP contribution in [0, 0.1) is 0 Å². The van der Waals surface area contributed by atoms with Gasteiger partial charge in [0.05, 0.1) is 17.0 Å². The summed E-state index contributed by atoms with van der Waals surface area (Å²) in [5.41, 5.74) is -1.60. The zero-order valence-corrected chi connectivity index (χ0v) is 11.8. The number of alkyl halides is 3. The van der Waals surface area contributed by atoms with Gasteiger partial charge in [0.25, 0.3) is 5.56 Å². The van der Waals surface area contributed by atoms with Crippen LogP contribution in [-0.4, -0.2) is 21.6 Å². The van der Waals surface area contributed by atoms with Crippen molar-refractivity contribution in [3.05, 3.63) is 52.4 Å². The fraction of sp³-hybridized carbons (Fsp3) is 0.154. The number of halogens is 3. The van der Waals surface area contributed by atoms with Crippen LogP contribution in [0.15, 0.2) is 46.5 Å². The minimum Gasteiger partial charge on any atom is -0.325 e. The molecule has 0 unspecified atom stereocenters. The number of rotatable bonds is 4. The minimum atomic E-state index is -4.55. The number of benzene rings is 1. The van der Waals surface area contributed by atoms with Crippen LogP contribution in [0.4, 0.5) is 18.9 Å². The highest BCUT2D eigenvalue weighted by atomic mass is 32.2. The molecule has 9 heteroatoms. The molecule has 2 rings (SSSR count). The number of thioether (sulfide) groups is 1. The van der Waals surface area contributed by atoms with Crippen molar-refractivity contribution < 1.29 is 18.0 Å². The molecular weight excluding hydrogens is 319 g/mol. The predicted molar refractivity (Wildman–Crippen MR) is 75.7 cm³/mol. The molecule has 22 heavy (non-hydrogen) atoms. The normalized spacial score (nSPS) is 11.2. The van der Waals surface area contributed by atoms with E-state index >= 15 is 0 Å². The highest BCUT2D eigenvalue weighted by Gasteiger charge is 2.33. The Morgan fingerprint density at radius 1 is 1.27 bits per heavy atom. The van der Waals surface area contributed by atoms with Crippen LogP contribution >= 0.6 is 11.8 Å². The molecule has 2 N–H and O–H groups in total. The summed E-state index contributed by atoms with van der Waals surface area (Å²) in [6, 6.07) is 5.91. The molecule has 0 aliphatic rings. The first-order chi connectivity index (χ1) is 10.4. The van der Waals surface area contributed by atoms with Gasteiger partial charge in [-0.3, -0.25) is 9.59 Å². The number of amides is 1. The Morgan fingerprint density at radius 2 is 2.00 bits per heavy atom. The third-order valence-corrected chi connectivity index (χ3v) is 3.38. The Kier molecular flexibility index (Phi) is 4.86. The SMILES string of the molecule is O=C(CSc1nccc(=O)[nH]1)Nc1ccccc1C(F)(F)F. The fourth-order valence-corrected chi connectivity index (χ4v) is 2.23. The van der Waals surface area contributed by atoms with Crippen LogP contribution in [0.5, 0.6) is 0 Å². The van der Waals surface area contributed by atoms with Crippen LogP contribution in [0.25, 0.3) is 0 Å². The van der Waals surface area contributed by atoms with Crippen LogP contribution in [0.2, 0.25) is 0 Å². The van der Waals surface area contributed by atoms with Crippen molar-refractivity contribution in [2.75, 3.05) is 11.1 Å². The van der Waals surface area contributed by atoms with Gasteiger partial charge in [-0.2, -0.15) is 13.2 Å². The van der Waals surface area contributed by atoms with Crippen LogP contribution in [0.1, 0.15) is 5.56 Å². The smallest absolute Gasteiger partial charge is 0.325 e. The number of aromatic amines is 1. The summed E-state index contributed by atoms with van der Waals surface area (Å²) >= 11 is 0.915. The molecule has 0 aliphatic carbocycles. The van der Waals surface area contributed by atoms with Crippen LogP contribution < -0.4 is 10.9 Å². The van der Waals surface area contributed by atoms with Gasteiger partial charge in [0.15, 0.2) is 5.16 Å². The Hall–Kier alpha value is -2.29. The van der Waals surface area contributed by atoms with Gasteiger partial charge >= 0.3 is 6.18 Å². The summed E-state index contributed by atoms with van der Waals surface area (Å²) in [7, 11) is 0. The van der Waals surface area contributed by atoms with Crippen LogP contribution in [-0.2, 0) is 11.0 Å². The summed E-state index contributed by atoms with van der Waals surface area (Å²) in [6.07, 6.45) is -3.28. The second kappa shape index (κ2) is 6.65. The summed E-state index contributed by atoms with van der Waals surface area (Å²) in [6.45, 7) is 0. The summed E-state index contributed by atoms with van der Waals surface area (Å²) in [4.78, 5) is 29.0. The van der Waals surface area contributed by atoms with E-state index in [2.05, 4.69) is 15.3 Å². The Bertz CT molecular complexity index is 731. The third-order valence-electron chi connectivity index (χ3n) is 2.49. The van der Waals surface area contributed by atoms with Gasteiger partial charge in [0.1, 0.15) is 0 Å². The minimum absolute atomic E-state index is 0.181. The van der Waals surface area contributed by atoms with E-state index in [1.54, 1.807) is 0 Å². The standard InChI is InChI=1S/C13H10F3N3O2S/c14-13(15,16)8-3-1-2-4-9(8)18-11(21)7-22-12-17-6-5-10(20)19-12/h1-6H,7H2,(H,18,21)(H,17,19,20). The number of carbonyl (C=O) groups is 1. The molecule has 0 saturated carbocycles. The van der Waals surface area contributed by atoms with E-state index < -0.39 is 17.6 Å². The van der Waals surface area contributed by atoms with Crippen molar-refractivity contribution >= 4 is 23.4 Å². The van der Waals surface area contributed by atoms with Gasteiger partial charge in [0.2, 0.25) is 5.91 Å². The van der Waals surface area contributed by atoms with Crippen molar-refractivity contribution in [1.29, 1.82) is 0 Å². The summed E-state index contributed by atoms with van der Waals surface area (Å²) in [5.74, 6) is -0.813. The van der Waals surface area contributed by atoms with Crippen molar-refractivity contribution in [2.45, 2.75) is 11.3 Å². The van der Waals surface area contributed by atoms with E-state index in [0.717, 1.165) is 17.8 Å². The second-order valence-electron chi connectivity index (χ2n) is 4.12. The summed E-state index contributed by atoms with van der Waals surface area (Å²) in [5, 5.41) is 2.42. The van der Waals surface area contributed by atoms with E-state index in [4.69, 9.17) is 0 Å². The van der Waals surface area contributed by atoms with Gasteiger partial charge in [-0.15, -0.1) is 0 Å². The lowest BCUT2D eigenvalue weighted by Crippen LogP contribution is -2.18. The largest absolute Gasteiger partial charge is 0.418 e. The molecule has 1 heterocycles. The molecule has 116 valence electrons. The molecule has 1 aromatic carbocycles. The highest BCUT2D eigenvalue weighted by molar-refractivity contribution is 7.99. The van der Waals surface area contributed by atoms with Gasteiger partial charge in [-0.1, -0.05) is 23.9 Å². The molecular formula is C13H10F3N3O2S. The molecule has 0 aliphatic heterocycles. The van der Waals surface area contributed by atoms with E-state index in [0.29, 0.717) is 0 Å². The highest BCUT2D eigenvalue weighted by Crippen LogP contribution is 2.34. The lowest BCUT2D eigenvalue weighted by molar-refractivity contribution is -0.137. The summed E-state index contributed by atoms with van der Waals surface area (Å²) < 4.78 is 38.4. The first-order valence-electron chi connectivity index (χ1n) is 6.00. The molecule has 5 nitrogen and oxygen atoms in total. The number of hydrogen-bond acceptors (Lipinski definition) is 4. The molecule has 0 bridgehead atoms. The second-order valence-corrected chi connectivity index (χ2v) is 5.08. The first kappa shape index (κ1) is 16.1. The van der Waals surface area contributed by atoms with E-state index in [1.165, 1.54) is 30.5 Å². The number of H-pyrrole nitrogens is 1. The first-order valence-corrected chi connectivity index (χ1v) is 6.99. The van der Waals surface area contributed by atoms with E-state index in [9.17, 15) is 22.8 Å². The average molecular weight is 329 g/mol. The maximum Gasteiger partial charge on any atom is 0.418 e. The quantitative estimate of drug-likeness (QED) is 0.668. The van der Waals surface area contributed by atoms with Gasteiger partial charge < -0.3 is 10.3 Å². The topological polar surface area (TPSA) is 74.8 Å². The number of anilines is 1. The molecule has 0 fully saturated rings. The third kappa shape index (κ3) is 4.35. The monoisotopic (exact) mass is 329 g/mol. The number of carbonyl (C=O) groups excluding carboxylic acids is 1. The number of nitrogens with one attached hydrogen (secondary N) is 2. The number of para-hydroxylation sites is 1. The lowest BCUT2D eigenvalue weighted by atomic mass is 10.1. The molecule has 1 aromatic heterocycles. The van der Waals surface area contributed by atoms with E-state index in [-0.39, 0.29) is 22.2 Å². The number of hydrogen-bond donors (Lipinski definition) is 2. The number of aromatic nitrogens is 2. The van der Waals surface area contributed by atoms with E-state index in [1.807, 2.05) is 0 Å². The maximum atomic E-state index is 12.8. The Labute approximate surface area is 127 Å². The Morgan fingerprint density at radius 3 is 2.68 bits per heavy atom. The van der Waals surface area contributed by atoms with Crippen molar-refractivity contribution in [2.24, 2.45) is 0 Å². The van der Waals surface area contributed by atoms with Crippen molar-refractivity contribution in [3.63, 3.8) is 0 Å². The lowest BCUT2D eigenvalue weighted by Gasteiger charge is -2.13. The molecule has 0 radical (unpaired) electrons. The predicted octanol–water partition coefficient (Wildman–Crippen LogP) is 2.52. The molecule has 0 spiro atoms. The van der Waals surface area contributed by atoms with Crippen molar-refractivity contribution in [3.8, 4) is 0 Å². The average Bonchev–Trinajstić information content (AvgIpc) is 2.45. The molecule has 0 atom stereocenters. The fourth-order valence-electron chi connectivity index (χ4n) is 1.58. The van der Waals surface area contributed by atoms with Gasteiger partial charge in [0, 0.05) is 12.3 Å². The van der Waals surface area contributed by atoms with Gasteiger partial charge in [-0.05, 0) is 12.1 Å². The zero-order chi connectivity index (χ0) is 16.2. The Balaban J connectivity index is 2.02. The zero-order valence-electron chi connectivity index (χ0n) is 11.0. The maximum absolute atomic E-state index is 12.8. The van der Waals surface area contributed by atoms with Crippen molar-refractivity contribution in [1.82, 2.24) is 9.97 Å². The number of nitrogens with zero attached hydrogens (tertiary/aromatic N) is 1. The van der Waals surface area contributed by atoms with Crippen LogP contribution in [0.3, 0.4) is 0 Å². The van der Waals surface area contributed by atoms with Gasteiger partial charge in [-0.25, -0.2) is 4.98 Å². The molecule has 2 aromatic rings. The molecule has 1 amide bonds. The molecule has 0 saturated heterocycles.